The second-order valence-corrected chi connectivity index (χ2v) is 6.31. The molecule has 186 valence electrons. The molecule has 0 saturated carbocycles. The van der Waals surface area contributed by atoms with E-state index < -0.39 is 17.9 Å². The van der Waals surface area contributed by atoms with E-state index in [-0.39, 0.29) is 19.6 Å². The Kier molecular flexibility index (Phi) is 24.8. The summed E-state index contributed by atoms with van der Waals surface area (Å²) in [4.78, 5) is 40.4. The molecule has 0 bridgehead atoms. The standard InChI is InChI=1S/C15H28N4O6.3CH4O/c1-16-2-4-17(10-13(20)21)6-8-19(12-15(24)25)9-7-18(5-3-16)11-14(22)23;3*1-2/h2-12H2,1H3,(H,20,21)(H,22,23)(H,24,25);3*2H,1H3. The molecule has 1 heterocycles. The van der Waals surface area contributed by atoms with Gasteiger partial charge >= 0.3 is 17.9 Å². The summed E-state index contributed by atoms with van der Waals surface area (Å²) in [6.07, 6.45) is 0. The lowest BCUT2D eigenvalue weighted by atomic mass is 10.3. The Morgan fingerprint density at radius 2 is 0.710 bits per heavy atom. The first-order valence-corrected chi connectivity index (χ1v) is 9.61. The molecule has 0 unspecified atom stereocenters. The SMILES string of the molecule is CN1CCN(CC(=O)O)CCN(CC(=O)O)CCN(CC(=O)O)CC1.CO.CO.CO. The zero-order valence-corrected chi connectivity index (χ0v) is 19.0. The van der Waals surface area contributed by atoms with Crippen molar-refractivity contribution in [3.05, 3.63) is 0 Å². The third kappa shape index (κ3) is 21.2. The van der Waals surface area contributed by atoms with Gasteiger partial charge in [0.05, 0.1) is 19.6 Å². The maximum atomic E-state index is 11.0. The molecule has 0 aromatic carbocycles. The average Bonchev–Trinajstić information content (AvgIpc) is 2.74. The average molecular weight is 457 g/mol. The fraction of sp³-hybridized carbons (Fsp3) is 0.833. The lowest BCUT2D eigenvalue weighted by molar-refractivity contribution is -0.140. The van der Waals surface area contributed by atoms with Crippen molar-refractivity contribution in [3.8, 4) is 0 Å². The monoisotopic (exact) mass is 456 g/mol. The molecule has 13 nitrogen and oxygen atoms in total. The van der Waals surface area contributed by atoms with Crippen LogP contribution in [0.15, 0.2) is 0 Å². The molecule has 1 aliphatic rings. The predicted molar refractivity (Wildman–Crippen MR) is 114 cm³/mol. The number of aliphatic carboxylic acids is 3. The van der Waals surface area contributed by atoms with E-state index in [0.29, 0.717) is 52.4 Å². The highest BCUT2D eigenvalue weighted by Gasteiger charge is 2.18. The molecule has 1 fully saturated rings. The lowest BCUT2D eigenvalue weighted by Gasteiger charge is -2.31. The third-order valence-corrected chi connectivity index (χ3v) is 4.14. The number of hydrogen-bond acceptors (Lipinski definition) is 10. The summed E-state index contributed by atoms with van der Waals surface area (Å²) >= 11 is 0. The van der Waals surface area contributed by atoms with Gasteiger partial charge in [-0.2, -0.15) is 0 Å². The second kappa shape index (κ2) is 22.8. The maximum absolute atomic E-state index is 11.0. The molecule has 0 spiro atoms. The van der Waals surface area contributed by atoms with Crippen molar-refractivity contribution >= 4 is 17.9 Å². The number of nitrogens with zero attached hydrogens (tertiary/aromatic N) is 4. The van der Waals surface area contributed by atoms with Crippen LogP contribution in [0, 0.1) is 0 Å². The van der Waals surface area contributed by atoms with Crippen LogP contribution in [0.5, 0.6) is 0 Å². The molecular formula is C18H40N4O9. The van der Waals surface area contributed by atoms with Gasteiger partial charge in [0.15, 0.2) is 0 Å². The summed E-state index contributed by atoms with van der Waals surface area (Å²) in [5.74, 6) is -2.78. The number of likely N-dealkylation sites (N-methyl/N-ethyl adjacent to an activating group) is 1. The van der Waals surface area contributed by atoms with Gasteiger partial charge in [-0.25, -0.2) is 0 Å². The zero-order chi connectivity index (χ0) is 24.8. The van der Waals surface area contributed by atoms with E-state index in [1.54, 1.807) is 14.7 Å². The molecule has 0 atom stereocenters. The zero-order valence-electron chi connectivity index (χ0n) is 19.0. The van der Waals surface area contributed by atoms with Crippen LogP contribution in [0.2, 0.25) is 0 Å². The van der Waals surface area contributed by atoms with Crippen molar-refractivity contribution in [2.45, 2.75) is 0 Å². The van der Waals surface area contributed by atoms with E-state index in [0.717, 1.165) is 21.3 Å². The number of aliphatic hydroxyl groups is 3. The minimum absolute atomic E-state index is 0.0834. The first kappa shape index (κ1) is 33.8. The summed E-state index contributed by atoms with van der Waals surface area (Å²) in [6.45, 7) is 3.86. The van der Waals surface area contributed by atoms with Crippen molar-refractivity contribution in [2.24, 2.45) is 0 Å². The van der Waals surface area contributed by atoms with E-state index in [9.17, 15) is 14.4 Å². The molecule has 0 aromatic heterocycles. The van der Waals surface area contributed by atoms with E-state index in [1.165, 1.54) is 0 Å². The van der Waals surface area contributed by atoms with Crippen LogP contribution >= 0.6 is 0 Å². The largest absolute Gasteiger partial charge is 0.480 e. The van der Waals surface area contributed by atoms with Crippen molar-refractivity contribution in [1.29, 1.82) is 0 Å². The molecule has 13 heteroatoms. The van der Waals surface area contributed by atoms with Crippen molar-refractivity contribution in [2.75, 3.05) is 100 Å². The molecule has 1 aliphatic heterocycles. The Labute approximate surface area is 183 Å². The molecule has 1 rings (SSSR count). The summed E-state index contributed by atoms with van der Waals surface area (Å²) in [5.41, 5.74) is 0. The van der Waals surface area contributed by atoms with Gasteiger partial charge in [-0.05, 0) is 7.05 Å². The molecule has 1 saturated heterocycles. The highest BCUT2D eigenvalue weighted by Crippen LogP contribution is 2.00. The van der Waals surface area contributed by atoms with E-state index in [2.05, 4.69) is 0 Å². The number of aliphatic hydroxyl groups excluding tert-OH is 3. The van der Waals surface area contributed by atoms with Crippen molar-refractivity contribution in [1.82, 2.24) is 19.6 Å². The number of hydrogen-bond donors (Lipinski definition) is 6. The van der Waals surface area contributed by atoms with Crippen molar-refractivity contribution < 1.29 is 45.0 Å². The second-order valence-electron chi connectivity index (χ2n) is 6.31. The number of carboxylic acid groups (broad SMARTS) is 3. The Bertz CT molecular complexity index is 437. The quantitative estimate of drug-likeness (QED) is 0.236. The van der Waals surface area contributed by atoms with Gasteiger partial charge in [0, 0.05) is 73.7 Å². The smallest absolute Gasteiger partial charge is 0.317 e. The number of carbonyl (C=O) groups is 3. The van der Waals surface area contributed by atoms with Gasteiger partial charge in [0.2, 0.25) is 0 Å². The first-order chi connectivity index (χ1) is 14.8. The Balaban J connectivity index is -0.00000120. The first-order valence-electron chi connectivity index (χ1n) is 9.61. The number of rotatable bonds is 6. The van der Waals surface area contributed by atoms with Gasteiger partial charge in [-0.15, -0.1) is 0 Å². The molecule has 6 N–H and O–H groups in total. The van der Waals surface area contributed by atoms with Crippen LogP contribution in [-0.4, -0.2) is 169 Å². The van der Waals surface area contributed by atoms with Gasteiger partial charge in [0.25, 0.3) is 0 Å². The summed E-state index contributed by atoms with van der Waals surface area (Å²) in [7, 11) is 4.92. The van der Waals surface area contributed by atoms with Crippen molar-refractivity contribution in [3.63, 3.8) is 0 Å². The third-order valence-electron chi connectivity index (χ3n) is 4.14. The van der Waals surface area contributed by atoms with Gasteiger partial charge in [-0.3, -0.25) is 29.1 Å². The molecule has 0 aliphatic carbocycles. The molecular weight excluding hydrogens is 416 g/mol. The summed E-state index contributed by atoms with van der Waals surface area (Å²) < 4.78 is 0. The summed E-state index contributed by atoms with van der Waals surface area (Å²) in [6, 6.07) is 0. The lowest BCUT2D eigenvalue weighted by Crippen LogP contribution is -2.47. The molecule has 0 radical (unpaired) electrons. The van der Waals surface area contributed by atoms with Gasteiger partial charge in [0.1, 0.15) is 0 Å². The van der Waals surface area contributed by atoms with E-state index >= 15 is 0 Å². The topological polar surface area (TPSA) is 186 Å². The van der Waals surface area contributed by atoms with E-state index in [1.807, 2.05) is 11.9 Å². The van der Waals surface area contributed by atoms with Crippen LogP contribution in [0.4, 0.5) is 0 Å². The van der Waals surface area contributed by atoms with Gasteiger partial charge in [-0.1, -0.05) is 0 Å². The maximum Gasteiger partial charge on any atom is 0.317 e. The van der Waals surface area contributed by atoms with Crippen LogP contribution in [0.3, 0.4) is 0 Å². The molecule has 0 amide bonds. The molecule has 31 heavy (non-hydrogen) atoms. The molecule has 0 aromatic rings. The Hall–Kier alpha value is -1.87. The normalized spacial score (nSPS) is 17.1. The minimum atomic E-state index is -0.957. The Morgan fingerprint density at radius 3 is 0.903 bits per heavy atom. The van der Waals surface area contributed by atoms with E-state index in [4.69, 9.17) is 30.6 Å². The fourth-order valence-electron chi connectivity index (χ4n) is 2.69. The van der Waals surface area contributed by atoms with Gasteiger partial charge < -0.3 is 35.5 Å². The van der Waals surface area contributed by atoms with Crippen LogP contribution in [0.25, 0.3) is 0 Å². The minimum Gasteiger partial charge on any atom is -0.480 e. The summed E-state index contributed by atoms with van der Waals surface area (Å²) in [5, 5.41) is 48.1. The highest BCUT2D eigenvalue weighted by molar-refractivity contribution is 5.69. The Morgan fingerprint density at radius 1 is 0.516 bits per heavy atom. The highest BCUT2D eigenvalue weighted by atomic mass is 16.4. The van der Waals surface area contributed by atoms with Crippen LogP contribution in [0.1, 0.15) is 0 Å². The fourth-order valence-corrected chi connectivity index (χ4v) is 2.69. The number of carboxylic acids is 3. The van der Waals surface area contributed by atoms with Crippen LogP contribution < -0.4 is 0 Å². The predicted octanol–water partition coefficient (Wildman–Crippen LogP) is -3.08. The van der Waals surface area contributed by atoms with Crippen LogP contribution in [-0.2, 0) is 14.4 Å².